The summed E-state index contributed by atoms with van der Waals surface area (Å²) in [5.41, 5.74) is 2.09. The minimum atomic E-state index is -4.36. The van der Waals surface area contributed by atoms with Crippen molar-refractivity contribution in [3.05, 3.63) is 28.8 Å². The number of carbonyl (C=O) groups is 1. The third-order valence-corrected chi connectivity index (χ3v) is 3.07. The summed E-state index contributed by atoms with van der Waals surface area (Å²) < 4.78 is 41.6. The molecule has 0 bridgehead atoms. The van der Waals surface area contributed by atoms with Gasteiger partial charge >= 0.3 is 6.18 Å². The van der Waals surface area contributed by atoms with E-state index in [4.69, 9.17) is 4.74 Å². The van der Waals surface area contributed by atoms with E-state index in [0.717, 1.165) is 5.56 Å². The Bertz CT molecular complexity index is 507. The highest BCUT2D eigenvalue weighted by atomic mass is 19.4. The van der Waals surface area contributed by atoms with E-state index in [1.165, 1.54) is 0 Å². The van der Waals surface area contributed by atoms with Gasteiger partial charge in [0.15, 0.2) is 6.61 Å². The van der Waals surface area contributed by atoms with E-state index >= 15 is 0 Å². The van der Waals surface area contributed by atoms with Crippen LogP contribution in [0.3, 0.4) is 0 Å². The van der Waals surface area contributed by atoms with Crippen LogP contribution >= 0.6 is 0 Å². The third-order valence-electron chi connectivity index (χ3n) is 3.07. The van der Waals surface area contributed by atoms with Gasteiger partial charge in [-0.2, -0.15) is 13.2 Å². The highest BCUT2D eigenvalue weighted by Gasteiger charge is 2.29. The number of hydrogen-bond donors (Lipinski definition) is 1. The number of nitrogens with zero attached hydrogens (tertiary/aromatic N) is 1. The van der Waals surface area contributed by atoms with Crippen molar-refractivity contribution >= 4 is 5.91 Å². The normalized spacial score (nSPS) is 11.4. The summed E-state index contributed by atoms with van der Waals surface area (Å²) in [4.78, 5) is 13.3. The van der Waals surface area contributed by atoms with E-state index in [-0.39, 0.29) is 18.2 Å². The molecule has 4 nitrogen and oxygen atoms in total. The van der Waals surface area contributed by atoms with Crippen LogP contribution in [0.1, 0.15) is 16.7 Å². The van der Waals surface area contributed by atoms with Crippen LogP contribution < -0.4 is 10.1 Å². The maximum Gasteiger partial charge on any atom is 0.422 e. The summed E-state index contributed by atoms with van der Waals surface area (Å²) in [6, 6.07) is 3.48. The summed E-state index contributed by atoms with van der Waals surface area (Å²) >= 11 is 0. The topological polar surface area (TPSA) is 41.6 Å². The Kier molecular flexibility index (Phi) is 6.22. The fourth-order valence-corrected chi connectivity index (χ4v) is 2.16. The lowest BCUT2D eigenvalue weighted by atomic mass is 10.1. The first-order valence-electron chi connectivity index (χ1n) is 6.82. The molecule has 0 aromatic heterocycles. The molecule has 0 atom stereocenters. The molecular formula is C15H21F3N2O2. The van der Waals surface area contributed by atoms with E-state index in [9.17, 15) is 18.0 Å². The molecule has 0 aliphatic rings. The fraction of sp³-hybridized carbons (Fsp3) is 0.533. The Morgan fingerprint density at radius 3 is 2.27 bits per heavy atom. The molecular weight excluding hydrogens is 297 g/mol. The molecule has 1 amide bonds. The lowest BCUT2D eigenvalue weighted by Gasteiger charge is -2.19. The molecule has 1 aromatic carbocycles. The van der Waals surface area contributed by atoms with E-state index in [0.29, 0.717) is 17.7 Å². The number of nitrogens with one attached hydrogen (secondary N) is 1. The summed E-state index contributed by atoms with van der Waals surface area (Å²) in [6.45, 7) is 2.70. The minimum absolute atomic E-state index is 0.0600. The van der Waals surface area contributed by atoms with Gasteiger partial charge in [-0.1, -0.05) is 12.1 Å². The van der Waals surface area contributed by atoms with E-state index in [2.05, 4.69) is 5.32 Å². The van der Waals surface area contributed by atoms with Gasteiger partial charge in [0.05, 0.1) is 6.54 Å². The van der Waals surface area contributed by atoms with Crippen molar-refractivity contribution in [3.8, 4) is 5.75 Å². The number of halogens is 3. The first kappa shape index (κ1) is 18.3. The van der Waals surface area contributed by atoms with Crippen molar-refractivity contribution in [2.75, 3.05) is 27.2 Å². The number of ether oxygens (including phenoxy) is 1. The molecule has 7 heteroatoms. The zero-order valence-electron chi connectivity index (χ0n) is 13.2. The first-order valence-corrected chi connectivity index (χ1v) is 6.82. The van der Waals surface area contributed by atoms with Crippen LogP contribution in [0.15, 0.2) is 12.1 Å². The Morgan fingerprint density at radius 1 is 1.27 bits per heavy atom. The van der Waals surface area contributed by atoms with E-state index in [1.54, 1.807) is 45.0 Å². The number of carbonyl (C=O) groups excluding carboxylic acids is 1. The van der Waals surface area contributed by atoms with Crippen molar-refractivity contribution in [2.24, 2.45) is 0 Å². The van der Waals surface area contributed by atoms with Gasteiger partial charge in [-0.25, -0.2) is 0 Å². The molecule has 0 aliphatic carbocycles. The summed E-state index contributed by atoms with van der Waals surface area (Å²) in [6.07, 6.45) is -4.36. The van der Waals surface area contributed by atoms with Crippen molar-refractivity contribution < 1.29 is 22.7 Å². The Morgan fingerprint density at radius 2 is 1.82 bits per heavy atom. The molecule has 0 fully saturated rings. The van der Waals surface area contributed by atoms with E-state index < -0.39 is 12.8 Å². The van der Waals surface area contributed by atoms with Crippen LogP contribution in [0.25, 0.3) is 0 Å². The largest absolute Gasteiger partial charge is 0.484 e. The van der Waals surface area contributed by atoms with Crippen molar-refractivity contribution in [1.82, 2.24) is 10.2 Å². The Hall–Kier alpha value is -1.76. The number of benzene rings is 1. The zero-order chi connectivity index (χ0) is 16.9. The number of alkyl halides is 3. The molecule has 0 unspecified atom stereocenters. The average Bonchev–Trinajstić information content (AvgIpc) is 2.36. The molecule has 1 rings (SSSR count). The number of rotatable bonds is 6. The van der Waals surface area contributed by atoms with Crippen LogP contribution in [0.4, 0.5) is 13.2 Å². The highest BCUT2D eigenvalue weighted by molar-refractivity contribution is 5.77. The fourth-order valence-electron chi connectivity index (χ4n) is 2.16. The third kappa shape index (κ3) is 5.55. The van der Waals surface area contributed by atoms with Gasteiger partial charge in [0.1, 0.15) is 5.75 Å². The van der Waals surface area contributed by atoms with Gasteiger partial charge in [-0.15, -0.1) is 0 Å². The Balaban J connectivity index is 2.83. The molecule has 0 aliphatic heterocycles. The number of aryl methyl sites for hydroxylation is 2. The predicted octanol–water partition coefficient (Wildman–Crippen LogP) is 2.42. The van der Waals surface area contributed by atoms with Crippen LogP contribution in [0.2, 0.25) is 0 Å². The van der Waals surface area contributed by atoms with E-state index in [1.807, 2.05) is 0 Å². The first-order chi connectivity index (χ1) is 10.1. The van der Waals surface area contributed by atoms with Gasteiger partial charge in [0.25, 0.3) is 0 Å². The SMILES string of the molecule is CNCC(=O)N(C)Cc1cc(C)c(OCC(F)(F)F)c(C)c1. The monoisotopic (exact) mass is 318 g/mol. The zero-order valence-corrected chi connectivity index (χ0v) is 13.2. The van der Waals surface area contributed by atoms with Gasteiger partial charge in [-0.3, -0.25) is 4.79 Å². The van der Waals surface area contributed by atoms with Crippen molar-refractivity contribution in [2.45, 2.75) is 26.6 Å². The molecule has 0 saturated heterocycles. The number of hydrogen-bond acceptors (Lipinski definition) is 3. The lowest BCUT2D eigenvalue weighted by molar-refractivity contribution is -0.153. The van der Waals surface area contributed by atoms with Crippen molar-refractivity contribution in [3.63, 3.8) is 0 Å². The molecule has 1 N–H and O–H groups in total. The molecule has 22 heavy (non-hydrogen) atoms. The highest BCUT2D eigenvalue weighted by Crippen LogP contribution is 2.27. The second kappa shape index (κ2) is 7.49. The van der Waals surface area contributed by atoms with Crippen molar-refractivity contribution in [1.29, 1.82) is 0 Å². The molecule has 0 saturated carbocycles. The van der Waals surface area contributed by atoms with Gasteiger partial charge in [0, 0.05) is 13.6 Å². The number of amides is 1. The average molecular weight is 318 g/mol. The molecule has 1 aromatic rings. The quantitative estimate of drug-likeness (QED) is 0.876. The molecule has 0 spiro atoms. The van der Waals surface area contributed by atoms with Gasteiger partial charge in [-0.05, 0) is 37.6 Å². The maximum atomic E-state index is 12.2. The predicted molar refractivity (Wildman–Crippen MR) is 77.9 cm³/mol. The molecule has 0 heterocycles. The van der Waals surface area contributed by atoms with Gasteiger partial charge < -0.3 is 15.0 Å². The molecule has 0 radical (unpaired) electrons. The minimum Gasteiger partial charge on any atom is -0.484 e. The summed E-state index contributed by atoms with van der Waals surface area (Å²) in [5, 5.41) is 2.78. The second-order valence-corrected chi connectivity index (χ2v) is 5.24. The lowest BCUT2D eigenvalue weighted by Crippen LogP contribution is -2.33. The van der Waals surface area contributed by atoms with Crippen LogP contribution in [-0.2, 0) is 11.3 Å². The summed E-state index contributed by atoms with van der Waals surface area (Å²) in [7, 11) is 3.37. The van der Waals surface area contributed by atoms with Crippen LogP contribution in [-0.4, -0.2) is 44.2 Å². The van der Waals surface area contributed by atoms with Crippen LogP contribution in [0, 0.1) is 13.8 Å². The molecule has 124 valence electrons. The Labute approximate surface area is 128 Å². The smallest absolute Gasteiger partial charge is 0.422 e. The van der Waals surface area contributed by atoms with Crippen LogP contribution in [0.5, 0.6) is 5.75 Å². The maximum absolute atomic E-state index is 12.2. The second-order valence-electron chi connectivity index (χ2n) is 5.24. The number of likely N-dealkylation sites (N-methyl/N-ethyl adjacent to an activating group) is 2. The standard InChI is InChI=1S/C15H21F3N2O2/c1-10-5-12(8-20(4)13(21)7-19-3)6-11(2)14(10)22-9-15(16,17)18/h5-6,19H,7-9H2,1-4H3. The van der Waals surface area contributed by atoms with Gasteiger partial charge in [0.2, 0.25) is 5.91 Å². The summed E-state index contributed by atoms with van der Waals surface area (Å²) in [5.74, 6) is 0.181.